The summed E-state index contributed by atoms with van der Waals surface area (Å²) in [6.07, 6.45) is 3.61. The van der Waals surface area contributed by atoms with Crippen LogP contribution in [0.4, 0.5) is 0 Å². The Morgan fingerprint density at radius 3 is 2.88 bits per heavy atom. The van der Waals surface area contributed by atoms with Crippen molar-refractivity contribution in [3.05, 3.63) is 0 Å². The van der Waals surface area contributed by atoms with Gasteiger partial charge in [-0.2, -0.15) is 0 Å². The maximum atomic E-state index is 11.6. The van der Waals surface area contributed by atoms with Crippen molar-refractivity contribution in [2.24, 2.45) is 11.7 Å². The van der Waals surface area contributed by atoms with Crippen molar-refractivity contribution in [2.45, 2.75) is 45.1 Å². The molecule has 1 aliphatic heterocycles. The van der Waals surface area contributed by atoms with Crippen LogP contribution in [-0.2, 0) is 9.53 Å². The average Bonchev–Trinajstić information content (AvgIpc) is 2.71. The van der Waals surface area contributed by atoms with E-state index in [-0.39, 0.29) is 11.5 Å². The van der Waals surface area contributed by atoms with Crippen LogP contribution in [0.5, 0.6) is 0 Å². The molecular weight excluding hydrogens is 204 g/mol. The summed E-state index contributed by atoms with van der Waals surface area (Å²) in [7, 11) is 0. The zero-order valence-corrected chi connectivity index (χ0v) is 10.4. The van der Waals surface area contributed by atoms with Gasteiger partial charge < -0.3 is 15.8 Å². The SMILES string of the molecule is CCC(CN)CC(=O)NCC1(C)CCCO1. The molecule has 2 unspecified atom stereocenters. The molecule has 1 rings (SSSR count). The van der Waals surface area contributed by atoms with Crippen LogP contribution in [0.15, 0.2) is 0 Å². The van der Waals surface area contributed by atoms with Crippen LogP contribution in [-0.4, -0.2) is 31.2 Å². The number of nitrogens with one attached hydrogen (secondary N) is 1. The molecular formula is C12H24N2O2. The lowest BCUT2D eigenvalue weighted by atomic mass is 10.0. The average molecular weight is 228 g/mol. The van der Waals surface area contributed by atoms with E-state index in [0.29, 0.717) is 25.4 Å². The molecule has 0 saturated carbocycles. The van der Waals surface area contributed by atoms with E-state index in [1.807, 2.05) is 0 Å². The monoisotopic (exact) mass is 228 g/mol. The van der Waals surface area contributed by atoms with Crippen molar-refractivity contribution in [1.29, 1.82) is 0 Å². The minimum absolute atomic E-state index is 0.0917. The number of rotatable bonds is 6. The van der Waals surface area contributed by atoms with Gasteiger partial charge in [-0.25, -0.2) is 0 Å². The molecule has 3 N–H and O–H groups in total. The molecule has 1 saturated heterocycles. The zero-order valence-electron chi connectivity index (χ0n) is 10.4. The van der Waals surface area contributed by atoms with Crippen molar-refractivity contribution in [3.8, 4) is 0 Å². The molecule has 4 nitrogen and oxygen atoms in total. The third kappa shape index (κ3) is 4.10. The van der Waals surface area contributed by atoms with Crippen molar-refractivity contribution >= 4 is 5.91 Å². The van der Waals surface area contributed by atoms with Gasteiger partial charge in [-0.1, -0.05) is 13.3 Å². The summed E-state index contributed by atoms with van der Waals surface area (Å²) in [5.74, 6) is 0.395. The number of carbonyl (C=O) groups is 1. The molecule has 1 heterocycles. The molecule has 1 amide bonds. The maximum Gasteiger partial charge on any atom is 0.220 e. The van der Waals surface area contributed by atoms with Crippen molar-refractivity contribution in [3.63, 3.8) is 0 Å². The Kier molecular flexibility index (Phi) is 5.22. The number of carbonyl (C=O) groups excluding carboxylic acids is 1. The molecule has 4 heteroatoms. The Morgan fingerprint density at radius 1 is 1.62 bits per heavy atom. The summed E-state index contributed by atoms with van der Waals surface area (Å²) in [6, 6.07) is 0. The number of ether oxygens (including phenoxy) is 1. The van der Waals surface area contributed by atoms with Gasteiger partial charge in [0.1, 0.15) is 0 Å². The van der Waals surface area contributed by atoms with E-state index in [2.05, 4.69) is 19.2 Å². The van der Waals surface area contributed by atoms with Crippen LogP contribution in [0.2, 0.25) is 0 Å². The Balaban J connectivity index is 2.24. The summed E-state index contributed by atoms with van der Waals surface area (Å²) in [5, 5.41) is 2.94. The van der Waals surface area contributed by atoms with Gasteiger partial charge in [0.2, 0.25) is 5.91 Å². The second-order valence-corrected chi connectivity index (χ2v) is 4.89. The maximum absolute atomic E-state index is 11.6. The fourth-order valence-corrected chi connectivity index (χ4v) is 1.99. The first-order chi connectivity index (χ1) is 7.59. The predicted molar refractivity (Wildman–Crippen MR) is 64.1 cm³/mol. The highest BCUT2D eigenvalue weighted by Crippen LogP contribution is 2.23. The van der Waals surface area contributed by atoms with Crippen LogP contribution < -0.4 is 11.1 Å². The first-order valence-corrected chi connectivity index (χ1v) is 6.20. The molecule has 0 aromatic carbocycles. The van der Waals surface area contributed by atoms with Crippen molar-refractivity contribution < 1.29 is 9.53 Å². The van der Waals surface area contributed by atoms with Gasteiger partial charge in [0.25, 0.3) is 0 Å². The molecule has 0 aliphatic carbocycles. The number of hydrogen-bond donors (Lipinski definition) is 2. The predicted octanol–water partition coefficient (Wildman–Crippen LogP) is 1.05. The smallest absolute Gasteiger partial charge is 0.220 e. The standard InChI is InChI=1S/C12H24N2O2/c1-3-10(8-13)7-11(15)14-9-12(2)5-4-6-16-12/h10H,3-9,13H2,1-2H3,(H,14,15). The summed E-state index contributed by atoms with van der Waals surface area (Å²) in [4.78, 5) is 11.6. The highest BCUT2D eigenvalue weighted by molar-refractivity contribution is 5.76. The zero-order chi connectivity index (χ0) is 12.0. The lowest BCUT2D eigenvalue weighted by Crippen LogP contribution is -2.40. The van der Waals surface area contributed by atoms with Gasteiger partial charge in [-0.05, 0) is 32.2 Å². The van der Waals surface area contributed by atoms with Crippen LogP contribution in [0.25, 0.3) is 0 Å². The fraction of sp³-hybridized carbons (Fsp3) is 0.917. The largest absolute Gasteiger partial charge is 0.373 e. The minimum Gasteiger partial charge on any atom is -0.373 e. The quantitative estimate of drug-likeness (QED) is 0.714. The third-order valence-corrected chi connectivity index (χ3v) is 3.34. The van der Waals surface area contributed by atoms with E-state index in [1.165, 1.54) is 0 Å². The molecule has 0 spiro atoms. The number of hydrogen-bond acceptors (Lipinski definition) is 3. The van der Waals surface area contributed by atoms with Gasteiger partial charge in [0.05, 0.1) is 5.60 Å². The second-order valence-electron chi connectivity index (χ2n) is 4.89. The van der Waals surface area contributed by atoms with Crippen LogP contribution in [0, 0.1) is 5.92 Å². The molecule has 0 aromatic heterocycles. The van der Waals surface area contributed by atoms with Crippen LogP contribution in [0.1, 0.15) is 39.5 Å². The molecule has 2 atom stereocenters. The van der Waals surface area contributed by atoms with E-state index < -0.39 is 0 Å². The van der Waals surface area contributed by atoms with E-state index in [9.17, 15) is 4.79 Å². The van der Waals surface area contributed by atoms with E-state index in [0.717, 1.165) is 25.9 Å². The normalized spacial score (nSPS) is 26.7. The Labute approximate surface area is 97.9 Å². The summed E-state index contributed by atoms with van der Waals surface area (Å²) in [5.41, 5.74) is 5.42. The van der Waals surface area contributed by atoms with Gasteiger partial charge >= 0.3 is 0 Å². The van der Waals surface area contributed by atoms with Gasteiger partial charge in [-0.15, -0.1) is 0 Å². The first-order valence-electron chi connectivity index (χ1n) is 6.20. The van der Waals surface area contributed by atoms with Gasteiger partial charge in [-0.3, -0.25) is 4.79 Å². The topological polar surface area (TPSA) is 64.4 Å². The van der Waals surface area contributed by atoms with E-state index >= 15 is 0 Å². The van der Waals surface area contributed by atoms with Gasteiger partial charge in [0, 0.05) is 19.6 Å². The summed E-state index contributed by atoms with van der Waals surface area (Å²) < 4.78 is 5.61. The Morgan fingerprint density at radius 2 is 2.38 bits per heavy atom. The lowest BCUT2D eigenvalue weighted by molar-refractivity contribution is -0.123. The van der Waals surface area contributed by atoms with Crippen molar-refractivity contribution in [1.82, 2.24) is 5.32 Å². The molecule has 1 aliphatic rings. The summed E-state index contributed by atoms with van der Waals surface area (Å²) in [6.45, 7) is 6.13. The number of nitrogens with two attached hydrogens (primary N) is 1. The molecule has 1 fully saturated rings. The van der Waals surface area contributed by atoms with E-state index in [1.54, 1.807) is 0 Å². The van der Waals surface area contributed by atoms with E-state index in [4.69, 9.17) is 10.5 Å². The Bertz CT molecular complexity index is 221. The Hall–Kier alpha value is -0.610. The minimum atomic E-state index is -0.153. The molecule has 94 valence electrons. The fourth-order valence-electron chi connectivity index (χ4n) is 1.99. The molecule has 0 radical (unpaired) electrons. The lowest BCUT2D eigenvalue weighted by Gasteiger charge is -2.23. The van der Waals surface area contributed by atoms with Crippen LogP contribution in [0.3, 0.4) is 0 Å². The second kappa shape index (κ2) is 6.21. The highest BCUT2D eigenvalue weighted by atomic mass is 16.5. The molecule has 0 bridgehead atoms. The van der Waals surface area contributed by atoms with Crippen molar-refractivity contribution in [2.75, 3.05) is 19.7 Å². The molecule has 16 heavy (non-hydrogen) atoms. The summed E-state index contributed by atoms with van der Waals surface area (Å²) >= 11 is 0. The molecule has 0 aromatic rings. The first kappa shape index (κ1) is 13.5. The third-order valence-electron chi connectivity index (χ3n) is 3.34. The van der Waals surface area contributed by atoms with Gasteiger partial charge in [0.15, 0.2) is 0 Å². The number of amides is 1. The van der Waals surface area contributed by atoms with Crippen LogP contribution >= 0.6 is 0 Å². The highest BCUT2D eigenvalue weighted by Gasteiger charge is 2.30.